The molecule has 0 fully saturated rings. The number of fused-ring (bicyclic) bond motifs is 1. The summed E-state index contributed by atoms with van der Waals surface area (Å²) in [5, 5.41) is 21.3. The third-order valence-corrected chi connectivity index (χ3v) is 4.44. The van der Waals surface area contributed by atoms with Crippen LogP contribution < -0.4 is 9.64 Å². The summed E-state index contributed by atoms with van der Waals surface area (Å²) >= 11 is 5.90. The number of nitrogens with zero attached hydrogens (tertiary/aromatic N) is 4. The molecule has 3 rings (SSSR count). The number of anilines is 1. The number of imidazole rings is 1. The monoisotopic (exact) mass is 366 g/mol. The molecule has 1 N–H and O–H groups in total. The molecule has 0 saturated heterocycles. The predicted molar refractivity (Wildman–Crippen MR) is 93.0 cm³/mol. The van der Waals surface area contributed by atoms with Gasteiger partial charge in [0, 0.05) is 6.54 Å². The smallest absolute Gasteiger partial charge is 0.383 e. The molecule has 1 aliphatic rings. The van der Waals surface area contributed by atoms with E-state index < -0.39 is 10.5 Å². The Morgan fingerprint density at radius 3 is 2.96 bits per heavy atom. The summed E-state index contributed by atoms with van der Waals surface area (Å²) in [5.74, 6) is 0.540. The van der Waals surface area contributed by atoms with E-state index in [9.17, 15) is 15.2 Å². The molecule has 1 unspecified atom stereocenters. The minimum Gasteiger partial charge on any atom is -0.471 e. The fourth-order valence-corrected chi connectivity index (χ4v) is 3.11. The summed E-state index contributed by atoms with van der Waals surface area (Å²) in [6.07, 6.45) is 2.48. The molecule has 2 aromatic rings. The third-order valence-electron chi connectivity index (χ3n) is 4.14. The molecular weight excluding hydrogens is 348 g/mol. The Morgan fingerprint density at radius 2 is 2.24 bits per heavy atom. The van der Waals surface area contributed by atoms with E-state index in [-0.39, 0.29) is 17.6 Å². The predicted octanol–water partition coefficient (Wildman–Crippen LogP) is 2.83. The highest BCUT2D eigenvalue weighted by atomic mass is 35.5. The fourth-order valence-electron chi connectivity index (χ4n) is 2.92. The Balaban J connectivity index is 1.55. The van der Waals surface area contributed by atoms with Crippen molar-refractivity contribution in [1.82, 2.24) is 9.55 Å². The number of rotatable bonds is 7. The quantitative estimate of drug-likeness (QED) is 0.598. The first-order valence-electron chi connectivity index (χ1n) is 7.92. The number of hydrogen-bond donors (Lipinski definition) is 1. The fraction of sp³-hybridized carbons (Fsp3) is 0.438. The number of ether oxygens (including phenoxy) is 1. The Kier molecular flexibility index (Phi) is 4.82. The summed E-state index contributed by atoms with van der Waals surface area (Å²) < 4.78 is 7.00. The van der Waals surface area contributed by atoms with Gasteiger partial charge in [-0.25, -0.2) is 0 Å². The molecule has 0 radical (unpaired) electrons. The van der Waals surface area contributed by atoms with Gasteiger partial charge in [0.05, 0.1) is 17.8 Å². The SMILES string of the molecule is CC(O)(CCCN1COc2ccccc21)Cn1cc([N+](=O)[O-])nc1Cl. The highest BCUT2D eigenvalue weighted by Crippen LogP contribution is 2.33. The van der Waals surface area contributed by atoms with E-state index in [0.29, 0.717) is 13.2 Å². The first kappa shape index (κ1) is 17.5. The van der Waals surface area contributed by atoms with E-state index in [1.165, 1.54) is 10.8 Å². The Labute approximate surface area is 149 Å². The summed E-state index contributed by atoms with van der Waals surface area (Å²) in [7, 11) is 0. The molecule has 8 nitrogen and oxygen atoms in total. The maximum atomic E-state index is 10.7. The van der Waals surface area contributed by atoms with E-state index in [1.54, 1.807) is 6.92 Å². The Morgan fingerprint density at radius 1 is 1.48 bits per heavy atom. The molecule has 0 aliphatic carbocycles. The van der Waals surface area contributed by atoms with Crippen LogP contribution >= 0.6 is 11.6 Å². The van der Waals surface area contributed by atoms with Crippen LogP contribution in [0.3, 0.4) is 0 Å². The van der Waals surface area contributed by atoms with Crippen molar-refractivity contribution in [3.8, 4) is 5.75 Å². The van der Waals surface area contributed by atoms with Crippen LogP contribution in [-0.2, 0) is 6.54 Å². The van der Waals surface area contributed by atoms with E-state index in [4.69, 9.17) is 16.3 Å². The van der Waals surface area contributed by atoms with E-state index >= 15 is 0 Å². The number of hydrogen-bond acceptors (Lipinski definition) is 6. The number of halogens is 1. The van der Waals surface area contributed by atoms with Crippen LogP contribution in [0.25, 0.3) is 0 Å². The van der Waals surface area contributed by atoms with Crippen molar-refractivity contribution in [3.05, 3.63) is 45.9 Å². The van der Waals surface area contributed by atoms with Crippen LogP contribution in [0.4, 0.5) is 11.5 Å². The minimum absolute atomic E-state index is 0.00570. The maximum absolute atomic E-state index is 10.7. The molecule has 2 heterocycles. The van der Waals surface area contributed by atoms with Gasteiger partial charge in [0.25, 0.3) is 0 Å². The van der Waals surface area contributed by atoms with Crippen LogP contribution in [0.5, 0.6) is 5.75 Å². The lowest BCUT2D eigenvalue weighted by molar-refractivity contribution is -0.389. The van der Waals surface area contributed by atoms with Crippen LogP contribution in [0, 0.1) is 10.1 Å². The normalized spacial score (nSPS) is 15.6. The van der Waals surface area contributed by atoms with Gasteiger partial charge in [0.1, 0.15) is 11.9 Å². The van der Waals surface area contributed by atoms with E-state index in [2.05, 4.69) is 9.88 Å². The molecule has 0 spiro atoms. The lowest BCUT2D eigenvalue weighted by Crippen LogP contribution is -2.32. The van der Waals surface area contributed by atoms with Gasteiger partial charge in [-0.2, -0.15) is 0 Å². The summed E-state index contributed by atoms with van der Waals surface area (Å²) in [5.41, 5.74) is -0.00592. The molecule has 1 atom stereocenters. The van der Waals surface area contributed by atoms with Crippen LogP contribution in [-0.4, -0.2) is 38.5 Å². The standard InChI is InChI=1S/C16H19ClN4O4/c1-16(22,10-20-9-14(21(23)24)18-15(20)17)7-4-8-19-11-25-13-6-3-2-5-12(13)19/h2-3,5-6,9,22H,4,7-8,10-11H2,1H3. The Hall–Kier alpha value is -2.32. The topological polar surface area (TPSA) is 93.7 Å². The van der Waals surface area contributed by atoms with Gasteiger partial charge in [-0.3, -0.25) is 4.57 Å². The lowest BCUT2D eigenvalue weighted by Gasteiger charge is -2.25. The number of aromatic nitrogens is 2. The molecular formula is C16H19ClN4O4. The maximum Gasteiger partial charge on any atom is 0.383 e. The van der Waals surface area contributed by atoms with Gasteiger partial charge in [0.2, 0.25) is 0 Å². The third kappa shape index (κ3) is 4.02. The van der Waals surface area contributed by atoms with Crippen LogP contribution in [0.15, 0.2) is 30.5 Å². The summed E-state index contributed by atoms with van der Waals surface area (Å²) in [6.45, 7) is 3.06. The van der Waals surface area contributed by atoms with Crippen molar-refractivity contribution in [2.75, 3.05) is 18.2 Å². The molecule has 1 aromatic heterocycles. The second-order valence-corrected chi connectivity index (χ2v) is 6.70. The molecule has 0 saturated carbocycles. The highest BCUT2D eigenvalue weighted by Gasteiger charge is 2.27. The van der Waals surface area contributed by atoms with Crippen molar-refractivity contribution in [1.29, 1.82) is 0 Å². The molecule has 134 valence electrons. The van der Waals surface area contributed by atoms with E-state index in [1.807, 2.05) is 24.3 Å². The highest BCUT2D eigenvalue weighted by molar-refractivity contribution is 6.28. The second-order valence-electron chi connectivity index (χ2n) is 6.36. The van der Waals surface area contributed by atoms with Crippen LogP contribution in [0.2, 0.25) is 5.28 Å². The number of benzene rings is 1. The van der Waals surface area contributed by atoms with Crippen molar-refractivity contribution in [2.24, 2.45) is 0 Å². The largest absolute Gasteiger partial charge is 0.471 e. The second kappa shape index (κ2) is 6.89. The summed E-state index contributed by atoms with van der Waals surface area (Å²) in [4.78, 5) is 15.9. The average molecular weight is 367 g/mol. The zero-order valence-corrected chi connectivity index (χ0v) is 14.5. The molecule has 1 aliphatic heterocycles. The zero-order valence-electron chi connectivity index (χ0n) is 13.8. The molecule has 25 heavy (non-hydrogen) atoms. The summed E-state index contributed by atoms with van der Waals surface area (Å²) in [6, 6.07) is 7.83. The first-order valence-corrected chi connectivity index (χ1v) is 8.30. The van der Waals surface area contributed by atoms with Crippen molar-refractivity contribution in [2.45, 2.75) is 31.9 Å². The van der Waals surface area contributed by atoms with Gasteiger partial charge in [-0.15, -0.1) is 0 Å². The molecule has 9 heteroatoms. The molecule has 1 aromatic carbocycles. The van der Waals surface area contributed by atoms with Gasteiger partial charge in [-0.05, 0) is 53.4 Å². The van der Waals surface area contributed by atoms with Gasteiger partial charge < -0.3 is 24.9 Å². The Bertz CT molecular complexity index is 777. The zero-order chi connectivity index (χ0) is 18.0. The number of aliphatic hydroxyl groups is 1. The van der Waals surface area contributed by atoms with Gasteiger partial charge in [0.15, 0.2) is 6.73 Å². The van der Waals surface area contributed by atoms with Crippen molar-refractivity contribution in [3.63, 3.8) is 0 Å². The first-order chi connectivity index (χ1) is 11.9. The number of para-hydroxylation sites is 2. The van der Waals surface area contributed by atoms with Crippen molar-refractivity contribution < 1.29 is 14.8 Å². The van der Waals surface area contributed by atoms with E-state index in [0.717, 1.165) is 24.4 Å². The van der Waals surface area contributed by atoms with Gasteiger partial charge >= 0.3 is 11.1 Å². The lowest BCUT2D eigenvalue weighted by atomic mass is 10.00. The molecule has 0 amide bonds. The number of nitro groups is 1. The minimum atomic E-state index is -1.06. The van der Waals surface area contributed by atoms with Crippen molar-refractivity contribution >= 4 is 23.1 Å². The molecule has 0 bridgehead atoms. The average Bonchev–Trinajstić information content (AvgIpc) is 3.12. The van der Waals surface area contributed by atoms with Gasteiger partial charge in [-0.1, -0.05) is 12.1 Å². The van der Waals surface area contributed by atoms with Crippen LogP contribution in [0.1, 0.15) is 19.8 Å².